The molecular formula is C17H24N4O5S. The van der Waals surface area contributed by atoms with Gasteiger partial charge in [0.1, 0.15) is 0 Å². The van der Waals surface area contributed by atoms with Gasteiger partial charge in [0.05, 0.1) is 35.9 Å². The third kappa shape index (κ3) is 4.77. The second-order valence-corrected chi connectivity index (χ2v) is 8.23. The lowest BCUT2D eigenvalue weighted by molar-refractivity contribution is -0.138. The van der Waals surface area contributed by atoms with Gasteiger partial charge in [-0.2, -0.15) is 0 Å². The standard InChI is InChI=1S/C17H24N4O5S/c1-5-26-16(22)13-9-19-17(23)20-14(13)10-18-12-7-6-11(2)15(8-12)27(24,25)21(3)4/h6-8,18H,5,9-10H2,1-4H3,(H2,19,20,23). The van der Waals surface area contributed by atoms with Crippen LogP contribution in [-0.4, -0.2) is 58.5 Å². The summed E-state index contributed by atoms with van der Waals surface area (Å²) < 4.78 is 31.0. The molecule has 27 heavy (non-hydrogen) atoms. The maximum Gasteiger partial charge on any atom is 0.337 e. The van der Waals surface area contributed by atoms with E-state index in [1.165, 1.54) is 20.2 Å². The number of carbonyl (C=O) groups excluding carboxylic acids is 2. The van der Waals surface area contributed by atoms with Crippen LogP contribution in [0.1, 0.15) is 12.5 Å². The maximum absolute atomic E-state index is 12.4. The summed E-state index contributed by atoms with van der Waals surface area (Å²) in [5.74, 6) is -0.512. The monoisotopic (exact) mass is 396 g/mol. The summed E-state index contributed by atoms with van der Waals surface area (Å²) in [5.41, 5.74) is 1.87. The first-order valence-electron chi connectivity index (χ1n) is 8.37. The van der Waals surface area contributed by atoms with Crippen molar-refractivity contribution >= 4 is 27.7 Å². The maximum atomic E-state index is 12.4. The summed E-state index contributed by atoms with van der Waals surface area (Å²) in [4.78, 5) is 23.8. The topological polar surface area (TPSA) is 117 Å². The number of hydrogen-bond donors (Lipinski definition) is 3. The number of aryl methyl sites for hydroxylation is 1. The van der Waals surface area contributed by atoms with Crippen molar-refractivity contribution in [3.05, 3.63) is 35.0 Å². The molecule has 1 aliphatic rings. The highest BCUT2D eigenvalue weighted by molar-refractivity contribution is 7.89. The largest absolute Gasteiger partial charge is 0.463 e. The van der Waals surface area contributed by atoms with Gasteiger partial charge in [-0.1, -0.05) is 6.07 Å². The third-order valence-electron chi connectivity index (χ3n) is 3.99. The molecule has 1 aliphatic heterocycles. The highest BCUT2D eigenvalue weighted by atomic mass is 32.2. The van der Waals surface area contributed by atoms with Gasteiger partial charge in [-0.3, -0.25) is 0 Å². The minimum Gasteiger partial charge on any atom is -0.463 e. The molecule has 1 aromatic rings. The van der Waals surface area contributed by atoms with E-state index in [1.54, 1.807) is 26.0 Å². The van der Waals surface area contributed by atoms with E-state index in [-0.39, 0.29) is 24.6 Å². The predicted octanol–water partition coefficient (Wildman–Crippen LogP) is 0.787. The summed E-state index contributed by atoms with van der Waals surface area (Å²) in [5, 5.41) is 8.17. The zero-order valence-corrected chi connectivity index (χ0v) is 16.6. The molecular weight excluding hydrogens is 372 g/mol. The Labute approximate surface area is 158 Å². The van der Waals surface area contributed by atoms with Crippen LogP contribution in [0, 0.1) is 6.92 Å². The van der Waals surface area contributed by atoms with Crippen LogP contribution < -0.4 is 16.0 Å². The molecule has 2 amide bonds. The van der Waals surface area contributed by atoms with Crippen molar-refractivity contribution in [3.63, 3.8) is 0 Å². The van der Waals surface area contributed by atoms with E-state index in [0.717, 1.165) is 4.31 Å². The zero-order chi connectivity index (χ0) is 20.2. The van der Waals surface area contributed by atoms with E-state index in [0.29, 0.717) is 22.5 Å². The van der Waals surface area contributed by atoms with E-state index in [9.17, 15) is 18.0 Å². The zero-order valence-electron chi connectivity index (χ0n) is 15.8. The Kier molecular flexibility index (Phi) is 6.45. The Balaban J connectivity index is 2.26. The van der Waals surface area contributed by atoms with Crippen molar-refractivity contribution in [3.8, 4) is 0 Å². The molecule has 0 bridgehead atoms. The number of nitrogens with one attached hydrogen (secondary N) is 3. The molecule has 0 aliphatic carbocycles. The number of nitrogens with zero attached hydrogens (tertiary/aromatic N) is 1. The Bertz CT molecular complexity index is 877. The van der Waals surface area contributed by atoms with Gasteiger partial charge in [0.2, 0.25) is 10.0 Å². The van der Waals surface area contributed by atoms with Gasteiger partial charge in [-0.25, -0.2) is 22.3 Å². The van der Waals surface area contributed by atoms with Crippen LogP contribution in [0.25, 0.3) is 0 Å². The molecule has 0 radical (unpaired) electrons. The summed E-state index contributed by atoms with van der Waals surface area (Å²) in [6.45, 7) is 3.83. The normalized spacial score (nSPS) is 14.6. The quantitative estimate of drug-likeness (QED) is 0.587. The third-order valence-corrected chi connectivity index (χ3v) is 5.95. The SMILES string of the molecule is CCOC(=O)C1=C(CNc2ccc(C)c(S(=O)(=O)N(C)C)c2)NC(=O)NC1. The molecule has 0 spiro atoms. The second kappa shape index (κ2) is 8.40. The fourth-order valence-corrected chi connectivity index (χ4v) is 3.62. The van der Waals surface area contributed by atoms with Crippen LogP contribution in [0.4, 0.5) is 10.5 Å². The van der Waals surface area contributed by atoms with Crippen LogP contribution in [-0.2, 0) is 19.6 Å². The lowest BCUT2D eigenvalue weighted by Gasteiger charge is -2.22. The summed E-state index contributed by atoms with van der Waals surface area (Å²) in [6, 6.07) is 4.54. The van der Waals surface area contributed by atoms with Gasteiger partial charge in [0.15, 0.2) is 0 Å². The van der Waals surface area contributed by atoms with Gasteiger partial charge < -0.3 is 20.7 Å². The van der Waals surface area contributed by atoms with E-state index in [4.69, 9.17) is 4.74 Å². The number of sulfonamides is 1. The summed E-state index contributed by atoms with van der Waals surface area (Å²) in [7, 11) is -0.650. The van der Waals surface area contributed by atoms with Crippen molar-refractivity contribution < 1.29 is 22.7 Å². The number of ether oxygens (including phenoxy) is 1. The number of anilines is 1. The lowest BCUT2D eigenvalue weighted by atomic mass is 10.1. The fraction of sp³-hybridized carbons (Fsp3) is 0.412. The van der Waals surface area contributed by atoms with Crippen LogP contribution in [0.2, 0.25) is 0 Å². The molecule has 0 fully saturated rings. The lowest BCUT2D eigenvalue weighted by Crippen LogP contribution is -2.45. The molecule has 148 valence electrons. The molecule has 3 N–H and O–H groups in total. The number of hydrogen-bond acceptors (Lipinski definition) is 6. The van der Waals surface area contributed by atoms with Gasteiger partial charge >= 0.3 is 12.0 Å². The van der Waals surface area contributed by atoms with Gasteiger partial charge in [-0.15, -0.1) is 0 Å². The molecule has 1 heterocycles. The molecule has 0 unspecified atom stereocenters. The van der Waals surface area contributed by atoms with Crippen molar-refractivity contribution in [1.29, 1.82) is 0 Å². The molecule has 0 atom stereocenters. The molecule has 2 rings (SSSR count). The Morgan fingerprint density at radius 2 is 2.04 bits per heavy atom. The number of carbonyl (C=O) groups is 2. The predicted molar refractivity (Wildman–Crippen MR) is 101 cm³/mol. The minimum absolute atomic E-state index is 0.0653. The second-order valence-electron chi connectivity index (χ2n) is 6.11. The summed E-state index contributed by atoms with van der Waals surface area (Å²) in [6.07, 6.45) is 0. The van der Waals surface area contributed by atoms with Gasteiger partial charge in [-0.05, 0) is 31.5 Å². The summed E-state index contributed by atoms with van der Waals surface area (Å²) >= 11 is 0. The number of amides is 2. The smallest absolute Gasteiger partial charge is 0.337 e. The first kappa shape index (κ1) is 20.7. The van der Waals surface area contributed by atoms with Gasteiger partial charge in [0.25, 0.3) is 0 Å². The Morgan fingerprint density at radius 3 is 2.67 bits per heavy atom. The number of urea groups is 1. The molecule has 0 saturated heterocycles. The van der Waals surface area contributed by atoms with Crippen LogP contribution in [0.3, 0.4) is 0 Å². The van der Waals surface area contributed by atoms with E-state index >= 15 is 0 Å². The fourth-order valence-electron chi connectivity index (χ4n) is 2.47. The highest BCUT2D eigenvalue weighted by Gasteiger charge is 2.24. The number of esters is 1. The first-order valence-corrected chi connectivity index (χ1v) is 9.81. The molecule has 0 aromatic heterocycles. The average Bonchev–Trinajstić information content (AvgIpc) is 2.61. The highest BCUT2D eigenvalue weighted by Crippen LogP contribution is 2.22. The van der Waals surface area contributed by atoms with E-state index < -0.39 is 22.0 Å². The van der Waals surface area contributed by atoms with Crippen LogP contribution >= 0.6 is 0 Å². The minimum atomic E-state index is -3.59. The Hall–Kier alpha value is -2.59. The van der Waals surface area contributed by atoms with Gasteiger partial charge in [0, 0.05) is 19.8 Å². The number of rotatable bonds is 7. The average molecular weight is 396 g/mol. The van der Waals surface area contributed by atoms with Crippen molar-refractivity contribution in [2.45, 2.75) is 18.7 Å². The van der Waals surface area contributed by atoms with Crippen molar-refractivity contribution in [2.24, 2.45) is 0 Å². The van der Waals surface area contributed by atoms with Crippen LogP contribution in [0.5, 0.6) is 0 Å². The van der Waals surface area contributed by atoms with Crippen LogP contribution in [0.15, 0.2) is 34.4 Å². The van der Waals surface area contributed by atoms with E-state index in [1.807, 2.05) is 0 Å². The molecule has 1 aromatic carbocycles. The number of benzene rings is 1. The van der Waals surface area contributed by atoms with E-state index in [2.05, 4.69) is 16.0 Å². The first-order chi connectivity index (χ1) is 12.7. The van der Waals surface area contributed by atoms with Crippen molar-refractivity contribution in [1.82, 2.24) is 14.9 Å². The molecule has 10 heteroatoms. The Morgan fingerprint density at radius 1 is 1.33 bits per heavy atom. The molecule has 9 nitrogen and oxygen atoms in total. The van der Waals surface area contributed by atoms with Crippen molar-refractivity contribution in [2.75, 3.05) is 39.1 Å². The molecule has 0 saturated carbocycles.